The molecule has 0 radical (unpaired) electrons. The van der Waals surface area contributed by atoms with E-state index in [0.29, 0.717) is 22.6 Å². The number of rotatable bonds is 6. The van der Waals surface area contributed by atoms with Crippen molar-refractivity contribution in [2.24, 2.45) is 0 Å². The first-order valence-electron chi connectivity index (χ1n) is 11.6. The van der Waals surface area contributed by atoms with Crippen LogP contribution >= 0.6 is 0 Å². The smallest absolute Gasteiger partial charge is 0.282 e. The molecule has 0 spiro atoms. The van der Waals surface area contributed by atoms with Crippen molar-refractivity contribution in [3.8, 4) is 5.75 Å². The van der Waals surface area contributed by atoms with Crippen LogP contribution in [0.1, 0.15) is 25.0 Å². The van der Waals surface area contributed by atoms with E-state index in [1.165, 1.54) is 4.90 Å². The summed E-state index contributed by atoms with van der Waals surface area (Å²) in [5.41, 5.74) is 3.52. The summed E-state index contributed by atoms with van der Waals surface area (Å²) in [5.74, 6) is -0.321. The lowest BCUT2D eigenvalue weighted by atomic mass is 10.0. The van der Waals surface area contributed by atoms with Gasteiger partial charge in [-0.3, -0.25) is 9.59 Å². The third kappa shape index (κ3) is 4.17. The predicted octanol–water partition coefficient (Wildman–Crippen LogP) is 6.33. The maximum Gasteiger partial charge on any atom is 0.282 e. The van der Waals surface area contributed by atoms with E-state index in [9.17, 15) is 9.59 Å². The third-order valence-electron chi connectivity index (χ3n) is 5.94. The van der Waals surface area contributed by atoms with Crippen LogP contribution in [0.2, 0.25) is 0 Å². The van der Waals surface area contributed by atoms with Crippen molar-refractivity contribution in [1.82, 2.24) is 0 Å². The van der Waals surface area contributed by atoms with Crippen molar-refractivity contribution < 1.29 is 14.3 Å². The van der Waals surface area contributed by atoms with Gasteiger partial charge in [-0.1, -0.05) is 78.4 Å². The van der Waals surface area contributed by atoms with Crippen molar-refractivity contribution in [3.63, 3.8) is 0 Å². The molecule has 4 aromatic carbocycles. The van der Waals surface area contributed by atoms with E-state index in [4.69, 9.17) is 4.74 Å². The summed E-state index contributed by atoms with van der Waals surface area (Å²) >= 11 is 0. The molecule has 1 aliphatic rings. The number of para-hydroxylation sites is 2. The molecular formula is C30H26N2O3. The summed E-state index contributed by atoms with van der Waals surface area (Å²) < 4.78 is 5.94. The molecule has 0 saturated carbocycles. The number of anilines is 2. The Hall–Kier alpha value is -4.38. The van der Waals surface area contributed by atoms with Crippen LogP contribution in [0.25, 0.3) is 16.3 Å². The average molecular weight is 463 g/mol. The van der Waals surface area contributed by atoms with Gasteiger partial charge in [0.15, 0.2) is 0 Å². The van der Waals surface area contributed by atoms with Gasteiger partial charge in [-0.25, -0.2) is 4.90 Å². The van der Waals surface area contributed by atoms with E-state index >= 15 is 0 Å². The number of fused-ring (bicyclic) bond motifs is 1. The van der Waals surface area contributed by atoms with Gasteiger partial charge in [-0.2, -0.15) is 0 Å². The second-order valence-corrected chi connectivity index (χ2v) is 8.85. The van der Waals surface area contributed by atoms with Crippen LogP contribution in [0.4, 0.5) is 11.4 Å². The van der Waals surface area contributed by atoms with Crippen LogP contribution < -0.4 is 15.0 Å². The lowest BCUT2D eigenvalue weighted by Gasteiger charge is -2.20. The van der Waals surface area contributed by atoms with Crippen LogP contribution in [0.3, 0.4) is 0 Å². The molecule has 4 aromatic rings. The Morgan fingerprint density at radius 2 is 1.46 bits per heavy atom. The first-order valence-corrected chi connectivity index (χ1v) is 11.6. The van der Waals surface area contributed by atoms with E-state index in [-0.39, 0.29) is 17.7 Å². The molecule has 0 fully saturated rings. The van der Waals surface area contributed by atoms with E-state index in [2.05, 4.69) is 5.32 Å². The molecule has 2 amide bonds. The molecule has 0 aliphatic carbocycles. The number of hydrogen-bond acceptors (Lipinski definition) is 4. The Morgan fingerprint density at radius 1 is 0.771 bits per heavy atom. The van der Waals surface area contributed by atoms with E-state index in [1.54, 1.807) is 18.2 Å². The fraction of sp³-hybridized carbons (Fsp3) is 0.133. The Bertz CT molecular complexity index is 1460. The maximum atomic E-state index is 13.9. The normalized spacial score (nSPS) is 13.8. The molecule has 35 heavy (non-hydrogen) atoms. The lowest BCUT2D eigenvalue weighted by Crippen LogP contribution is -2.33. The average Bonchev–Trinajstić information content (AvgIpc) is 3.09. The van der Waals surface area contributed by atoms with Gasteiger partial charge in [-0.15, -0.1) is 0 Å². The number of carbonyl (C=O) groups excluding carboxylic acids is 2. The zero-order valence-electron chi connectivity index (χ0n) is 19.9. The first-order chi connectivity index (χ1) is 16.9. The van der Waals surface area contributed by atoms with Gasteiger partial charge in [0.1, 0.15) is 11.4 Å². The Labute approximate surface area is 204 Å². The van der Waals surface area contributed by atoms with Gasteiger partial charge in [0.25, 0.3) is 11.8 Å². The number of nitrogens with one attached hydrogen (secondary N) is 1. The van der Waals surface area contributed by atoms with Gasteiger partial charge >= 0.3 is 0 Å². The van der Waals surface area contributed by atoms with Crippen molar-refractivity contribution >= 4 is 39.5 Å². The van der Waals surface area contributed by atoms with E-state index in [0.717, 1.165) is 22.0 Å². The molecule has 0 aromatic heterocycles. The zero-order valence-corrected chi connectivity index (χ0v) is 19.9. The number of benzene rings is 4. The molecule has 1 heterocycles. The van der Waals surface area contributed by atoms with Gasteiger partial charge < -0.3 is 10.1 Å². The Balaban J connectivity index is 1.65. The van der Waals surface area contributed by atoms with Gasteiger partial charge in [-0.05, 0) is 49.9 Å². The number of nitrogens with zero attached hydrogens (tertiary/aromatic N) is 1. The molecule has 5 heteroatoms. The number of imide groups is 1. The summed E-state index contributed by atoms with van der Waals surface area (Å²) in [7, 11) is 0. The molecule has 0 unspecified atom stereocenters. The quantitative estimate of drug-likeness (QED) is 0.340. The molecule has 1 aliphatic heterocycles. The number of amides is 2. The second kappa shape index (κ2) is 9.11. The minimum Gasteiger partial charge on any atom is -0.489 e. The molecule has 1 N–H and O–H groups in total. The summed E-state index contributed by atoms with van der Waals surface area (Å²) in [4.78, 5) is 28.9. The molecule has 5 nitrogen and oxygen atoms in total. The number of hydrogen-bond donors (Lipinski definition) is 1. The van der Waals surface area contributed by atoms with Crippen LogP contribution in [-0.2, 0) is 9.59 Å². The van der Waals surface area contributed by atoms with Crippen LogP contribution in [0, 0.1) is 6.92 Å². The third-order valence-corrected chi connectivity index (χ3v) is 5.94. The number of carbonyl (C=O) groups is 2. The first kappa shape index (κ1) is 22.4. The van der Waals surface area contributed by atoms with E-state index in [1.807, 2.05) is 93.6 Å². The fourth-order valence-corrected chi connectivity index (χ4v) is 4.32. The number of aryl methyl sites for hydroxylation is 1. The highest BCUT2D eigenvalue weighted by atomic mass is 16.5. The molecule has 0 atom stereocenters. The SMILES string of the molecule is Cc1ccc(C2=C(Nc3cccc4ccccc34)C(=O)N(c3ccccc3OC(C)C)C2=O)cc1. The molecule has 174 valence electrons. The largest absolute Gasteiger partial charge is 0.489 e. The minimum atomic E-state index is -0.418. The topological polar surface area (TPSA) is 58.6 Å². The Kier molecular flexibility index (Phi) is 5.83. The number of ether oxygens (including phenoxy) is 1. The van der Waals surface area contributed by atoms with Crippen molar-refractivity contribution in [2.45, 2.75) is 26.9 Å². The fourth-order valence-electron chi connectivity index (χ4n) is 4.32. The highest BCUT2D eigenvalue weighted by molar-refractivity contribution is 6.46. The van der Waals surface area contributed by atoms with Gasteiger partial charge in [0.05, 0.1) is 17.4 Å². The second-order valence-electron chi connectivity index (χ2n) is 8.85. The Morgan fingerprint density at radius 3 is 2.23 bits per heavy atom. The molecule has 0 bridgehead atoms. The van der Waals surface area contributed by atoms with Crippen molar-refractivity contribution in [2.75, 3.05) is 10.2 Å². The van der Waals surface area contributed by atoms with Crippen LogP contribution in [-0.4, -0.2) is 17.9 Å². The summed E-state index contributed by atoms with van der Waals surface area (Å²) in [5, 5.41) is 5.32. The van der Waals surface area contributed by atoms with Gasteiger partial charge in [0, 0.05) is 11.1 Å². The summed E-state index contributed by atoms with van der Waals surface area (Å²) in [6.07, 6.45) is -0.109. The standard InChI is InChI=1S/C30H26N2O3/c1-19(2)35-26-14-7-6-13-25(26)32-29(33)27(22-17-15-20(3)16-18-22)28(30(32)34)31-24-12-8-10-21-9-4-5-11-23(21)24/h4-19,31H,1-3H3. The molecule has 5 rings (SSSR count). The lowest BCUT2D eigenvalue weighted by molar-refractivity contribution is -0.120. The summed E-state index contributed by atoms with van der Waals surface area (Å²) in [6.45, 7) is 5.81. The van der Waals surface area contributed by atoms with Crippen molar-refractivity contribution in [1.29, 1.82) is 0 Å². The van der Waals surface area contributed by atoms with E-state index < -0.39 is 5.91 Å². The predicted molar refractivity (Wildman–Crippen MR) is 140 cm³/mol. The van der Waals surface area contributed by atoms with Crippen LogP contribution in [0.5, 0.6) is 5.75 Å². The maximum absolute atomic E-state index is 13.9. The molecule has 0 saturated heterocycles. The minimum absolute atomic E-state index is 0.109. The summed E-state index contributed by atoms with van der Waals surface area (Å²) in [6, 6.07) is 28.6. The van der Waals surface area contributed by atoms with Gasteiger partial charge in [0.2, 0.25) is 0 Å². The van der Waals surface area contributed by atoms with Crippen molar-refractivity contribution in [3.05, 3.63) is 108 Å². The highest BCUT2D eigenvalue weighted by Gasteiger charge is 2.41. The monoisotopic (exact) mass is 462 g/mol. The van der Waals surface area contributed by atoms with Crippen LogP contribution in [0.15, 0.2) is 96.7 Å². The highest BCUT2D eigenvalue weighted by Crippen LogP contribution is 2.39. The molecular weight excluding hydrogens is 436 g/mol. The zero-order chi connectivity index (χ0) is 24.5.